The number of benzene rings is 1. The highest BCUT2D eigenvalue weighted by molar-refractivity contribution is 5.96. The molecule has 3 N–H and O–H groups in total. The number of nitrogens with one attached hydrogen (secondary N) is 2. The second-order valence-electron chi connectivity index (χ2n) is 5.05. The summed E-state index contributed by atoms with van der Waals surface area (Å²) in [6.45, 7) is 5.87. The van der Waals surface area contributed by atoms with Crippen LogP contribution in [0.4, 0.5) is 0 Å². The van der Waals surface area contributed by atoms with Crippen LogP contribution in [0.5, 0.6) is 5.75 Å². The molecule has 0 aromatic heterocycles. The van der Waals surface area contributed by atoms with E-state index in [4.69, 9.17) is 0 Å². The predicted octanol–water partition coefficient (Wildman–Crippen LogP) is 1.43. The Morgan fingerprint density at radius 1 is 1.50 bits per heavy atom. The Morgan fingerprint density at radius 3 is 2.94 bits per heavy atom. The lowest BCUT2D eigenvalue weighted by Gasteiger charge is -2.30. The molecule has 1 fully saturated rings. The fourth-order valence-electron chi connectivity index (χ4n) is 2.38. The number of phenolic OH excluding ortho intramolecular Hbond substituents is 1. The van der Waals surface area contributed by atoms with Crippen LogP contribution >= 0.6 is 0 Å². The van der Waals surface area contributed by atoms with E-state index >= 15 is 0 Å². The summed E-state index contributed by atoms with van der Waals surface area (Å²) < 4.78 is 0. The minimum absolute atomic E-state index is 0.0498. The minimum Gasteiger partial charge on any atom is -0.508 e. The molecule has 98 valence electrons. The monoisotopic (exact) mass is 248 g/mol. The van der Waals surface area contributed by atoms with Crippen molar-refractivity contribution in [2.24, 2.45) is 5.92 Å². The fourth-order valence-corrected chi connectivity index (χ4v) is 2.38. The zero-order valence-electron chi connectivity index (χ0n) is 10.9. The summed E-state index contributed by atoms with van der Waals surface area (Å²) in [4.78, 5) is 12.2. The van der Waals surface area contributed by atoms with Gasteiger partial charge in [-0.2, -0.15) is 0 Å². The maximum atomic E-state index is 12.2. The van der Waals surface area contributed by atoms with Crippen molar-refractivity contribution >= 4 is 5.91 Å². The summed E-state index contributed by atoms with van der Waals surface area (Å²) in [5.74, 6) is 0.589. The lowest BCUT2D eigenvalue weighted by Crippen LogP contribution is -2.48. The molecule has 0 bridgehead atoms. The maximum absolute atomic E-state index is 12.2. The molecule has 0 aliphatic carbocycles. The third kappa shape index (κ3) is 2.82. The number of phenols is 1. The number of aromatic hydroxyl groups is 1. The molecule has 1 aliphatic rings. The Kier molecular flexibility index (Phi) is 3.87. The summed E-state index contributed by atoms with van der Waals surface area (Å²) >= 11 is 0. The number of carbonyl (C=O) groups is 1. The van der Waals surface area contributed by atoms with Crippen LogP contribution in [0.3, 0.4) is 0 Å². The van der Waals surface area contributed by atoms with Gasteiger partial charge in [0.1, 0.15) is 5.75 Å². The van der Waals surface area contributed by atoms with E-state index in [-0.39, 0.29) is 17.7 Å². The molecule has 18 heavy (non-hydrogen) atoms. The molecule has 1 aromatic rings. The van der Waals surface area contributed by atoms with Crippen LogP contribution in [0.2, 0.25) is 0 Å². The van der Waals surface area contributed by atoms with Gasteiger partial charge in [-0.3, -0.25) is 4.79 Å². The highest BCUT2D eigenvalue weighted by atomic mass is 16.3. The van der Waals surface area contributed by atoms with Crippen molar-refractivity contribution in [3.05, 3.63) is 29.3 Å². The molecule has 0 spiro atoms. The molecule has 1 aliphatic heterocycles. The number of hydrogen-bond donors (Lipinski definition) is 3. The van der Waals surface area contributed by atoms with Gasteiger partial charge in [0.25, 0.3) is 5.91 Å². The van der Waals surface area contributed by atoms with Gasteiger partial charge < -0.3 is 15.7 Å². The van der Waals surface area contributed by atoms with Gasteiger partial charge in [-0.15, -0.1) is 0 Å². The van der Waals surface area contributed by atoms with E-state index in [9.17, 15) is 9.90 Å². The quantitative estimate of drug-likeness (QED) is 0.742. The van der Waals surface area contributed by atoms with Crippen molar-refractivity contribution in [1.29, 1.82) is 0 Å². The lowest BCUT2D eigenvalue weighted by molar-refractivity contribution is 0.0913. The first-order valence-corrected chi connectivity index (χ1v) is 6.39. The van der Waals surface area contributed by atoms with Crippen LogP contribution < -0.4 is 10.6 Å². The van der Waals surface area contributed by atoms with Crippen molar-refractivity contribution in [2.75, 3.05) is 13.1 Å². The summed E-state index contributed by atoms with van der Waals surface area (Å²) in [5, 5.41) is 15.7. The molecule has 4 heteroatoms. The van der Waals surface area contributed by atoms with Crippen LogP contribution in [0.15, 0.2) is 18.2 Å². The Bertz CT molecular complexity index is 445. The standard InChI is InChI=1S/C14H20N2O2/c1-9-7-11(17)3-4-12(9)14(18)16-13-5-6-15-8-10(13)2/h3-4,7,10,13,15,17H,5-6,8H2,1-2H3,(H,16,18). The van der Waals surface area contributed by atoms with Gasteiger partial charge in [-0.05, 0) is 56.1 Å². The molecule has 2 atom stereocenters. The maximum Gasteiger partial charge on any atom is 0.251 e. The number of rotatable bonds is 2. The summed E-state index contributed by atoms with van der Waals surface area (Å²) in [6, 6.07) is 5.06. The Balaban J connectivity index is 2.07. The minimum atomic E-state index is -0.0498. The first kappa shape index (κ1) is 12.9. The smallest absolute Gasteiger partial charge is 0.251 e. The third-order valence-electron chi connectivity index (χ3n) is 3.56. The van der Waals surface area contributed by atoms with Gasteiger partial charge in [0, 0.05) is 11.6 Å². The van der Waals surface area contributed by atoms with E-state index in [1.54, 1.807) is 18.2 Å². The molecular formula is C14H20N2O2. The highest BCUT2D eigenvalue weighted by Crippen LogP contribution is 2.17. The van der Waals surface area contributed by atoms with Crippen molar-refractivity contribution in [3.63, 3.8) is 0 Å². The van der Waals surface area contributed by atoms with Gasteiger partial charge in [0.15, 0.2) is 0 Å². The van der Waals surface area contributed by atoms with Gasteiger partial charge in [-0.25, -0.2) is 0 Å². The number of aryl methyl sites for hydroxylation is 1. The molecule has 2 rings (SSSR count). The third-order valence-corrected chi connectivity index (χ3v) is 3.56. The second-order valence-corrected chi connectivity index (χ2v) is 5.05. The van der Waals surface area contributed by atoms with E-state index in [0.29, 0.717) is 11.5 Å². The summed E-state index contributed by atoms with van der Waals surface area (Å²) in [7, 11) is 0. The second kappa shape index (κ2) is 5.40. The van der Waals surface area contributed by atoms with E-state index in [1.807, 2.05) is 6.92 Å². The van der Waals surface area contributed by atoms with Crippen molar-refractivity contribution < 1.29 is 9.90 Å². The van der Waals surface area contributed by atoms with Gasteiger partial charge in [-0.1, -0.05) is 6.92 Å². The average molecular weight is 248 g/mol. The first-order chi connectivity index (χ1) is 8.58. The molecule has 1 saturated heterocycles. The number of hydrogen-bond acceptors (Lipinski definition) is 3. The Hall–Kier alpha value is -1.55. The average Bonchev–Trinajstić information content (AvgIpc) is 2.32. The van der Waals surface area contributed by atoms with Crippen molar-refractivity contribution in [2.45, 2.75) is 26.3 Å². The van der Waals surface area contributed by atoms with Crippen LogP contribution in [0.1, 0.15) is 29.3 Å². The molecule has 2 unspecified atom stereocenters. The summed E-state index contributed by atoms with van der Waals surface area (Å²) in [5.41, 5.74) is 1.44. The molecular weight excluding hydrogens is 228 g/mol. The van der Waals surface area contributed by atoms with Gasteiger partial charge >= 0.3 is 0 Å². The molecule has 0 saturated carbocycles. The van der Waals surface area contributed by atoms with Crippen LogP contribution in [0, 0.1) is 12.8 Å². The lowest BCUT2D eigenvalue weighted by atomic mass is 9.94. The Morgan fingerprint density at radius 2 is 2.28 bits per heavy atom. The van der Waals surface area contributed by atoms with Crippen molar-refractivity contribution in [1.82, 2.24) is 10.6 Å². The SMILES string of the molecule is Cc1cc(O)ccc1C(=O)NC1CCNCC1C. The first-order valence-electron chi connectivity index (χ1n) is 6.39. The van der Waals surface area contributed by atoms with Crippen LogP contribution in [-0.2, 0) is 0 Å². The zero-order valence-corrected chi connectivity index (χ0v) is 10.9. The molecule has 1 heterocycles. The van der Waals surface area contributed by atoms with Crippen LogP contribution in [0.25, 0.3) is 0 Å². The van der Waals surface area contributed by atoms with E-state index < -0.39 is 0 Å². The van der Waals surface area contributed by atoms with Gasteiger partial charge in [0.2, 0.25) is 0 Å². The largest absolute Gasteiger partial charge is 0.508 e. The zero-order chi connectivity index (χ0) is 13.1. The Labute approximate surface area is 107 Å². The number of carbonyl (C=O) groups excluding carboxylic acids is 1. The van der Waals surface area contributed by atoms with E-state index in [0.717, 1.165) is 25.1 Å². The highest BCUT2D eigenvalue weighted by Gasteiger charge is 2.23. The molecule has 0 radical (unpaired) electrons. The number of piperidine rings is 1. The fraction of sp³-hybridized carbons (Fsp3) is 0.500. The summed E-state index contributed by atoms with van der Waals surface area (Å²) in [6.07, 6.45) is 0.962. The molecule has 1 aromatic carbocycles. The molecule has 1 amide bonds. The van der Waals surface area contributed by atoms with E-state index in [1.165, 1.54) is 0 Å². The van der Waals surface area contributed by atoms with Gasteiger partial charge in [0.05, 0.1) is 0 Å². The molecule has 4 nitrogen and oxygen atoms in total. The number of amides is 1. The predicted molar refractivity (Wildman–Crippen MR) is 70.7 cm³/mol. The normalized spacial score (nSPS) is 23.7. The topological polar surface area (TPSA) is 61.4 Å². The van der Waals surface area contributed by atoms with Crippen molar-refractivity contribution in [3.8, 4) is 5.75 Å². The van der Waals surface area contributed by atoms with E-state index in [2.05, 4.69) is 17.6 Å². The van der Waals surface area contributed by atoms with Crippen LogP contribution in [-0.4, -0.2) is 30.1 Å².